The minimum absolute atomic E-state index is 0.315. The van der Waals surface area contributed by atoms with Gasteiger partial charge in [-0.1, -0.05) is 53.8 Å². The van der Waals surface area contributed by atoms with Crippen molar-refractivity contribution in [1.82, 2.24) is 4.98 Å². The lowest BCUT2D eigenvalue weighted by molar-refractivity contribution is 0.262. The van der Waals surface area contributed by atoms with Crippen LogP contribution in [0.3, 0.4) is 0 Å². The number of carbonyl (C=O) groups excluding carboxylic acids is 1. The van der Waals surface area contributed by atoms with Crippen LogP contribution in [0, 0.1) is 0 Å². The van der Waals surface area contributed by atoms with Gasteiger partial charge >= 0.3 is 6.03 Å². The van der Waals surface area contributed by atoms with E-state index in [1.54, 1.807) is 0 Å². The molecule has 4 aromatic rings. The van der Waals surface area contributed by atoms with E-state index >= 15 is 0 Å². The second kappa shape index (κ2) is 6.22. The van der Waals surface area contributed by atoms with Crippen molar-refractivity contribution in [1.29, 1.82) is 0 Å². The Morgan fingerprint density at radius 2 is 1.75 bits per heavy atom. The summed E-state index contributed by atoms with van der Waals surface area (Å²) in [6.07, 6.45) is 0. The van der Waals surface area contributed by atoms with E-state index in [4.69, 9.17) is 0 Å². The van der Waals surface area contributed by atoms with E-state index in [-0.39, 0.29) is 6.03 Å². The highest BCUT2D eigenvalue weighted by molar-refractivity contribution is 9.10. The molecule has 0 bridgehead atoms. The van der Waals surface area contributed by atoms with Crippen LogP contribution in [0.4, 0.5) is 15.6 Å². The Morgan fingerprint density at radius 3 is 2.62 bits per heavy atom. The molecule has 118 valence electrons. The van der Waals surface area contributed by atoms with E-state index in [2.05, 4.69) is 43.7 Å². The summed E-state index contributed by atoms with van der Waals surface area (Å²) < 4.78 is 1.88. The minimum Gasteiger partial charge on any atom is -0.307 e. The molecule has 4 rings (SSSR count). The molecule has 4 nitrogen and oxygen atoms in total. The zero-order valence-corrected chi connectivity index (χ0v) is 14.8. The Labute approximate surface area is 150 Å². The predicted octanol–water partition coefficient (Wildman–Crippen LogP) is 5.86. The largest absolute Gasteiger partial charge is 0.325 e. The Balaban J connectivity index is 1.62. The van der Waals surface area contributed by atoms with E-state index in [1.165, 1.54) is 11.3 Å². The third kappa shape index (κ3) is 2.86. The van der Waals surface area contributed by atoms with Crippen molar-refractivity contribution in [3.8, 4) is 0 Å². The maximum atomic E-state index is 12.2. The molecule has 0 aliphatic heterocycles. The smallest absolute Gasteiger partial charge is 0.307 e. The normalized spacial score (nSPS) is 10.9. The van der Waals surface area contributed by atoms with Crippen molar-refractivity contribution in [2.45, 2.75) is 0 Å². The molecular weight excluding hydrogens is 386 g/mol. The lowest BCUT2D eigenvalue weighted by Gasteiger charge is -2.06. The van der Waals surface area contributed by atoms with E-state index < -0.39 is 0 Å². The van der Waals surface area contributed by atoms with Crippen molar-refractivity contribution < 1.29 is 4.79 Å². The first-order chi connectivity index (χ1) is 11.7. The summed E-state index contributed by atoms with van der Waals surface area (Å²) in [7, 11) is 0. The Morgan fingerprint density at radius 1 is 0.958 bits per heavy atom. The molecule has 1 aromatic heterocycles. The molecule has 0 aliphatic carbocycles. The van der Waals surface area contributed by atoms with E-state index in [9.17, 15) is 4.79 Å². The topological polar surface area (TPSA) is 54.0 Å². The van der Waals surface area contributed by atoms with Gasteiger partial charge in [-0.05, 0) is 39.5 Å². The third-order valence-electron chi connectivity index (χ3n) is 3.63. The number of anilines is 2. The summed E-state index contributed by atoms with van der Waals surface area (Å²) in [4.78, 5) is 16.8. The fourth-order valence-electron chi connectivity index (χ4n) is 2.53. The van der Waals surface area contributed by atoms with Crippen LogP contribution in [0.2, 0.25) is 0 Å². The number of fused-ring (bicyclic) bond motifs is 3. The highest BCUT2D eigenvalue weighted by Crippen LogP contribution is 2.31. The molecule has 24 heavy (non-hydrogen) atoms. The highest BCUT2D eigenvalue weighted by atomic mass is 79.9. The number of nitrogens with one attached hydrogen (secondary N) is 2. The third-order valence-corrected chi connectivity index (χ3v) is 5.25. The van der Waals surface area contributed by atoms with Crippen LogP contribution in [0.25, 0.3) is 21.0 Å². The molecule has 0 fully saturated rings. The predicted molar refractivity (Wildman–Crippen MR) is 104 cm³/mol. The quantitative estimate of drug-likeness (QED) is 0.445. The number of amides is 2. The van der Waals surface area contributed by atoms with Crippen molar-refractivity contribution >= 4 is 65.1 Å². The van der Waals surface area contributed by atoms with Gasteiger partial charge in [0.2, 0.25) is 0 Å². The lowest BCUT2D eigenvalue weighted by Crippen LogP contribution is -2.19. The second-order valence-corrected chi connectivity index (χ2v) is 7.10. The number of urea groups is 1. The van der Waals surface area contributed by atoms with Crippen molar-refractivity contribution in [3.63, 3.8) is 0 Å². The Hall–Kier alpha value is -2.44. The average Bonchev–Trinajstić information content (AvgIpc) is 3.00. The number of hydrogen-bond acceptors (Lipinski definition) is 3. The van der Waals surface area contributed by atoms with Crippen LogP contribution >= 0.6 is 27.3 Å². The number of nitrogens with zero attached hydrogens (tertiary/aromatic N) is 1. The van der Waals surface area contributed by atoms with E-state index in [0.717, 1.165) is 25.5 Å². The van der Waals surface area contributed by atoms with Crippen LogP contribution in [-0.2, 0) is 0 Å². The van der Waals surface area contributed by atoms with Gasteiger partial charge in [-0.15, -0.1) is 0 Å². The molecule has 1 heterocycles. The van der Waals surface area contributed by atoms with Gasteiger partial charge in [0.25, 0.3) is 0 Å². The van der Waals surface area contributed by atoms with Gasteiger partial charge in [0, 0.05) is 9.86 Å². The monoisotopic (exact) mass is 397 g/mol. The van der Waals surface area contributed by atoms with Gasteiger partial charge in [-0.25, -0.2) is 9.78 Å². The average molecular weight is 398 g/mol. The fourth-order valence-corrected chi connectivity index (χ4v) is 3.79. The molecule has 0 saturated carbocycles. The lowest BCUT2D eigenvalue weighted by atomic mass is 10.1. The number of benzene rings is 3. The number of hydrogen-bond donors (Lipinski definition) is 2. The standard InChI is InChI=1S/C18H12BrN3OS/c19-13-7-3-4-8-14(13)20-17(23)22-18-21-16-12-6-2-1-5-11(12)9-10-15(16)24-18/h1-10H,(H2,20,21,22,23). The molecule has 0 unspecified atom stereocenters. The summed E-state index contributed by atoms with van der Waals surface area (Å²) in [6.45, 7) is 0. The van der Waals surface area contributed by atoms with Crippen molar-refractivity contribution in [3.05, 3.63) is 65.1 Å². The Bertz CT molecular complexity index is 1060. The summed E-state index contributed by atoms with van der Waals surface area (Å²) >= 11 is 4.87. The molecule has 3 aromatic carbocycles. The molecule has 0 radical (unpaired) electrons. The molecule has 0 spiro atoms. The molecule has 2 amide bonds. The summed E-state index contributed by atoms with van der Waals surface area (Å²) in [6, 6.07) is 19.4. The molecule has 0 atom stereocenters. The number of aromatic nitrogens is 1. The van der Waals surface area contributed by atoms with Gasteiger partial charge in [-0.2, -0.15) is 0 Å². The number of thiazole rings is 1. The van der Waals surface area contributed by atoms with Gasteiger partial charge in [-0.3, -0.25) is 5.32 Å². The van der Waals surface area contributed by atoms with Crippen LogP contribution in [0.5, 0.6) is 0 Å². The maximum absolute atomic E-state index is 12.2. The highest BCUT2D eigenvalue weighted by Gasteiger charge is 2.11. The molecule has 2 N–H and O–H groups in total. The fraction of sp³-hybridized carbons (Fsp3) is 0. The summed E-state index contributed by atoms with van der Waals surface area (Å²) in [5.74, 6) is 0. The SMILES string of the molecule is O=C(Nc1nc2c(ccc3ccccc32)s1)Nc1ccccc1Br. The number of rotatable bonds is 2. The molecule has 0 aliphatic rings. The zero-order chi connectivity index (χ0) is 16.5. The summed E-state index contributed by atoms with van der Waals surface area (Å²) in [5, 5.41) is 8.42. The number of carbonyl (C=O) groups is 1. The number of para-hydroxylation sites is 1. The maximum Gasteiger partial charge on any atom is 0.325 e. The summed E-state index contributed by atoms with van der Waals surface area (Å²) in [5.41, 5.74) is 1.62. The van der Waals surface area contributed by atoms with Gasteiger partial charge in [0.05, 0.1) is 15.9 Å². The van der Waals surface area contributed by atoms with Gasteiger partial charge < -0.3 is 5.32 Å². The van der Waals surface area contributed by atoms with Crippen LogP contribution in [-0.4, -0.2) is 11.0 Å². The Kier molecular flexibility index (Phi) is 3.92. The van der Waals surface area contributed by atoms with Gasteiger partial charge in [0.1, 0.15) is 0 Å². The molecular formula is C18H12BrN3OS. The first-order valence-corrected chi connectivity index (χ1v) is 8.92. The first kappa shape index (κ1) is 15.1. The number of halogens is 1. The van der Waals surface area contributed by atoms with Gasteiger partial charge in [0.15, 0.2) is 5.13 Å². The van der Waals surface area contributed by atoms with Crippen LogP contribution in [0.15, 0.2) is 65.1 Å². The first-order valence-electron chi connectivity index (χ1n) is 7.31. The molecule has 6 heteroatoms. The van der Waals surface area contributed by atoms with Crippen LogP contribution in [0.1, 0.15) is 0 Å². The zero-order valence-electron chi connectivity index (χ0n) is 12.4. The van der Waals surface area contributed by atoms with Crippen LogP contribution < -0.4 is 10.6 Å². The van der Waals surface area contributed by atoms with Crippen molar-refractivity contribution in [2.24, 2.45) is 0 Å². The van der Waals surface area contributed by atoms with E-state index in [1.807, 2.05) is 48.5 Å². The second-order valence-electron chi connectivity index (χ2n) is 5.21. The minimum atomic E-state index is -0.315. The molecule has 0 saturated heterocycles. The van der Waals surface area contributed by atoms with E-state index in [0.29, 0.717) is 10.8 Å². The van der Waals surface area contributed by atoms with Crippen molar-refractivity contribution in [2.75, 3.05) is 10.6 Å².